The van der Waals surface area contributed by atoms with Crippen molar-refractivity contribution in [1.29, 1.82) is 0 Å². The first kappa shape index (κ1) is 14.4. The number of carbonyl (C=O) groups is 1. The highest BCUT2D eigenvalue weighted by Gasteiger charge is 2.11. The zero-order valence-electron chi connectivity index (χ0n) is 11.7. The minimum absolute atomic E-state index is 0.0410. The molecule has 0 spiro atoms. The topological polar surface area (TPSA) is 60.7 Å². The summed E-state index contributed by atoms with van der Waals surface area (Å²) in [5, 5.41) is 12.3. The van der Waals surface area contributed by atoms with Gasteiger partial charge in [0.2, 0.25) is 0 Å². The Morgan fingerprint density at radius 1 is 1.05 bits per heavy atom. The van der Waals surface area contributed by atoms with Gasteiger partial charge in [0.05, 0.1) is 5.69 Å². The van der Waals surface area contributed by atoms with Crippen LogP contribution in [-0.2, 0) is 6.42 Å². The Balaban J connectivity index is 1.71. The number of para-hydroxylation sites is 1. The molecule has 0 N–H and O–H groups in total. The number of hydrogen-bond donors (Lipinski definition) is 0. The number of carbonyl (C=O) groups excluding carboxylic acids is 1. The quantitative estimate of drug-likeness (QED) is 0.679. The predicted molar refractivity (Wildman–Crippen MR) is 83.3 cm³/mol. The molecule has 0 saturated heterocycles. The molecule has 0 aliphatic heterocycles. The van der Waals surface area contributed by atoms with Gasteiger partial charge >= 0.3 is 0 Å². The first-order chi connectivity index (χ1) is 10.7. The fraction of sp³-hybridized carbons (Fsp3) is 0.125. The summed E-state index contributed by atoms with van der Waals surface area (Å²) in [6, 6.07) is 16.5. The minimum Gasteiger partial charge on any atom is -0.294 e. The molecule has 0 bridgehead atoms. The maximum Gasteiger partial charge on any atom is 0.163 e. The summed E-state index contributed by atoms with van der Waals surface area (Å²) in [4.78, 5) is 12.2. The molecule has 2 aromatic carbocycles. The third-order valence-corrected chi connectivity index (χ3v) is 3.53. The number of ketones is 1. The van der Waals surface area contributed by atoms with Crippen LogP contribution in [0.3, 0.4) is 0 Å². The summed E-state index contributed by atoms with van der Waals surface area (Å²) >= 11 is 5.82. The van der Waals surface area contributed by atoms with E-state index in [1.165, 1.54) is 0 Å². The lowest BCUT2D eigenvalue weighted by atomic mass is 10.1. The van der Waals surface area contributed by atoms with Gasteiger partial charge in [0.1, 0.15) is 0 Å². The Morgan fingerprint density at radius 2 is 1.77 bits per heavy atom. The lowest BCUT2D eigenvalue weighted by Gasteiger charge is -2.04. The lowest BCUT2D eigenvalue weighted by molar-refractivity contribution is 0.0982. The summed E-state index contributed by atoms with van der Waals surface area (Å²) in [6.07, 6.45) is 0.818. The van der Waals surface area contributed by atoms with E-state index in [1.807, 2.05) is 30.3 Å². The number of halogens is 1. The van der Waals surface area contributed by atoms with Crippen LogP contribution in [-0.4, -0.2) is 26.0 Å². The van der Waals surface area contributed by atoms with Crippen LogP contribution in [0.4, 0.5) is 0 Å². The maximum atomic E-state index is 12.2. The molecule has 0 atom stereocenters. The van der Waals surface area contributed by atoms with Crippen molar-refractivity contribution in [1.82, 2.24) is 20.2 Å². The fourth-order valence-electron chi connectivity index (χ4n) is 2.14. The molecule has 0 aliphatic carbocycles. The number of benzene rings is 2. The number of rotatable bonds is 5. The van der Waals surface area contributed by atoms with Gasteiger partial charge in [0.15, 0.2) is 11.6 Å². The second kappa shape index (κ2) is 6.49. The van der Waals surface area contributed by atoms with Gasteiger partial charge in [-0.15, -0.1) is 5.10 Å². The average molecular weight is 313 g/mol. The van der Waals surface area contributed by atoms with Gasteiger partial charge in [-0.2, -0.15) is 4.68 Å². The van der Waals surface area contributed by atoms with E-state index < -0.39 is 0 Å². The summed E-state index contributed by atoms with van der Waals surface area (Å²) < 4.78 is 1.65. The molecule has 0 fully saturated rings. The van der Waals surface area contributed by atoms with E-state index in [0.717, 1.165) is 5.69 Å². The monoisotopic (exact) mass is 312 g/mol. The highest BCUT2D eigenvalue weighted by Crippen LogP contribution is 2.13. The first-order valence-corrected chi connectivity index (χ1v) is 7.23. The van der Waals surface area contributed by atoms with E-state index in [9.17, 15) is 4.79 Å². The molecule has 6 heteroatoms. The number of Topliss-reactive ketones (excluding diaryl/α,β-unsaturated/α-hetero) is 1. The molecule has 0 unspecified atom stereocenters. The molecular formula is C16H13ClN4O. The molecule has 3 rings (SSSR count). The molecule has 22 heavy (non-hydrogen) atoms. The van der Waals surface area contributed by atoms with Crippen molar-refractivity contribution in [2.45, 2.75) is 12.8 Å². The Bertz CT molecular complexity index is 768. The molecule has 0 amide bonds. The van der Waals surface area contributed by atoms with E-state index in [1.54, 1.807) is 28.9 Å². The van der Waals surface area contributed by atoms with Crippen molar-refractivity contribution in [2.75, 3.05) is 0 Å². The molecule has 110 valence electrons. The number of hydrogen-bond acceptors (Lipinski definition) is 4. The predicted octanol–water partition coefficient (Wildman–Crippen LogP) is 3.13. The van der Waals surface area contributed by atoms with Crippen molar-refractivity contribution in [3.8, 4) is 5.69 Å². The summed E-state index contributed by atoms with van der Waals surface area (Å²) in [5.74, 6) is 0.702. The van der Waals surface area contributed by atoms with E-state index in [-0.39, 0.29) is 5.78 Å². The zero-order valence-corrected chi connectivity index (χ0v) is 12.4. The molecule has 0 radical (unpaired) electrons. The van der Waals surface area contributed by atoms with Crippen molar-refractivity contribution in [3.63, 3.8) is 0 Å². The number of nitrogens with zero attached hydrogens (tertiary/aromatic N) is 4. The Kier molecular flexibility index (Phi) is 4.25. The highest BCUT2D eigenvalue weighted by atomic mass is 35.5. The molecule has 5 nitrogen and oxygen atoms in total. The van der Waals surface area contributed by atoms with Crippen LogP contribution in [0.1, 0.15) is 22.6 Å². The lowest BCUT2D eigenvalue weighted by Crippen LogP contribution is -2.07. The zero-order chi connectivity index (χ0) is 15.4. The van der Waals surface area contributed by atoms with Crippen LogP contribution in [0.25, 0.3) is 5.69 Å². The van der Waals surface area contributed by atoms with Crippen LogP contribution in [0.2, 0.25) is 5.02 Å². The van der Waals surface area contributed by atoms with Gasteiger partial charge in [-0.3, -0.25) is 4.79 Å². The van der Waals surface area contributed by atoms with Crippen LogP contribution in [0.5, 0.6) is 0 Å². The third-order valence-electron chi connectivity index (χ3n) is 3.28. The Morgan fingerprint density at radius 3 is 2.50 bits per heavy atom. The number of tetrazole rings is 1. The standard InChI is InChI=1S/C16H13ClN4O/c17-13-8-6-12(7-9-13)15(22)10-11-16-18-19-20-21(16)14-4-2-1-3-5-14/h1-9H,10-11H2. The SMILES string of the molecule is O=C(CCc1nnnn1-c1ccccc1)c1ccc(Cl)cc1. The molecule has 1 aromatic heterocycles. The largest absolute Gasteiger partial charge is 0.294 e. The summed E-state index contributed by atoms with van der Waals surface area (Å²) in [6.45, 7) is 0. The second-order valence-electron chi connectivity index (χ2n) is 4.77. The Hall–Kier alpha value is -2.53. The van der Waals surface area contributed by atoms with Crippen LogP contribution in [0.15, 0.2) is 54.6 Å². The van der Waals surface area contributed by atoms with E-state index in [0.29, 0.717) is 29.3 Å². The fourth-order valence-corrected chi connectivity index (χ4v) is 2.26. The third kappa shape index (κ3) is 3.20. The second-order valence-corrected chi connectivity index (χ2v) is 5.21. The number of aryl methyl sites for hydroxylation is 1. The normalized spacial score (nSPS) is 10.6. The van der Waals surface area contributed by atoms with Crippen molar-refractivity contribution in [2.24, 2.45) is 0 Å². The number of aromatic nitrogens is 4. The van der Waals surface area contributed by atoms with Gasteiger partial charge in [-0.25, -0.2) is 0 Å². The maximum absolute atomic E-state index is 12.2. The molecule has 1 heterocycles. The average Bonchev–Trinajstić information content (AvgIpc) is 3.02. The van der Waals surface area contributed by atoms with E-state index >= 15 is 0 Å². The van der Waals surface area contributed by atoms with Crippen molar-refractivity contribution < 1.29 is 4.79 Å². The summed E-state index contributed by atoms with van der Waals surface area (Å²) in [7, 11) is 0. The van der Waals surface area contributed by atoms with Crippen LogP contribution in [0, 0.1) is 0 Å². The molecule has 0 aliphatic rings. The van der Waals surface area contributed by atoms with Gasteiger partial charge < -0.3 is 0 Å². The van der Waals surface area contributed by atoms with E-state index in [4.69, 9.17) is 11.6 Å². The van der Waals surface area contributed by atoms with Crippen LogP contribution < -0.4 is 0 Å². The van der Waals surface area contributed by atoms with Crippen LogP contribution >= 0.6 is 11.6 Å². The molecule has 0 saturated carbocycles. The van der Waals surface area contributed by atoms with Gasteiger partial charge in [0.25, 0.3) is 0 Å². The van der Waals surface area contributed by atoms with Gasteiger partial charge in [-0.05, 0) is 46.8 Å². The Labute approximate surface area is 132 Å². The molecule has 3 aromatic rings. The minimum atomic E-state index is 0.0410. The first-order valence-electron chi connectivity index (χ1n) is 6.85. The summed E-state index contributed by atoms with van der Waals surface area (Å²) in [5.41, 5.74) is 1.52. The van der Waals surface area contributed by atoms with Gasteiger partial charge in [-0.1, -0.05) is 29.8 Å². The smallest absolute Gasteiger partial charge is 0.163 e. The van der Waals surface area contributed by atoms with Gasteiger partial charge in [0, 0.05) is 23.4 Å². The van der Waals surface area contributed by atoms with Crippen molar-refractivity contribution >= 4 is 17.4 Å². The van der Waals surface area contributed by atoms with Crippen molar-refractivity contribution in [3.05, 3.63) is 71.0 Å². The highest BCUT2D eigenvalue weighted by molar-refractivity contribution is 6.30. The molecular weight excluding hydrogens is 300 g/mol. The van der Waals surface area contributed by atoms with E-state index in [2.05, 4.69) is 15.5 Å².